The Morgan fingerprint density at radius 1 is 1.24 bits per heavy atom. The minimum atomic E-state index is 0.442. The van der Waals surface area contributed by atoms with Crippen LogP contribution in [0.1, 0.15) is 24.5 Å². The van der Waals surface area contributed by atoms with E-state index in [-0.39, 0.29) is 0 Å². The smallest absolute Gasteiger partial charge is 0.249 e. The van der Waals surface area contributed by atoms with Gasteiger partial charge in [-0.05, 0) is 31.0 Å². The summed E-state index contributed by atoms with van der Waals surface area (Å²) in [6, 6.07) is 8.18. The van der Waals surface area contributed by atoms with Gasteiger partial charge in [-0.25, -0.2) is 9.97 Å². The van der Waals surface area contributed by atoms with Crippen LogP contribution in [0.15, 0.2) is 45.9 Å². The number of anilines is 2. The van der Waals surface area contributed by atoms with Gasteiger partial charge < -0.3 is 5.32 Å². The van der Waals surface area contributed by atoms with E-state index in [0.717, 1.165) is 26.0 Å². The maximum absolute atomic E-state index is 4.51. The van der Waals surface area contributed by atoms with Gasteiger partial charge in [0.15, 0.2) is 5.82 Å². The van der Waals surface area contributed by atoms with Crippen LogP contribution in [0.3, 0.4) is 0 Å². The third kappa shape index (κ3) is 3.20. The minimum Gasteiger partial charge on any atom is -0.306 e. The molecule has 1 aromatic carbocycles. The molecule has 0 unspecified atom stereocenters. The Bertz CT molecular complexity index is 1040. The highest BCUT2D eigenvalue weighted by Gasteiger charge is 2.25. The third-order valence-corrected chi connectivity index (χ3v) is 5.60. The van der Waals surface area contributed by atoms with E-state index in [9.17, 15) is 0 Å². The van der Waals surface area contributed by atoms with Gasteiger partial charge >= 0.3 is 0 Å². The zero-order valence-corrected chi connectivity index (χ0v) is 14.6. The fraction of sp³-hybridized carbons (Fsp3) is 0.188. The molecule has 3 aromatic heterocycles. The van der Waals surface area contributed by atoms with E-state index in [1.54, 1.807) is 29.3 Å². The van der Waals surface area contributed by atoms with Crippen LogP contribution < -0.4 is 5.32 Å². The zero-order valence-electron chi connectivity index (χ0n) is 13.0. The van der Waals surface area contributed by atoms with Gasteiger partial charge in [0.1, 0.15) is 5.03 Å². The Labute approximate surface area is 151 Å². The molecule has 9 heteroatoms. The first kappa shape index (κ1) is 14.8. The zero-order chi connectivity index (χ0) is 16.6. The van der Waals surface area contributed by atoms with Crippen molar-refractivity contribution in [1.29, 1.82) is 0 Å². The van der Waals surface area contributed by atoms with Crippen LogP contribution in [0, 0.1) is 0 Å². The van der Waals surface area contributed by atoms with Gasteiger partial charge in [-0.3, -0.25) is 5.10 Å². The van der Waals surface area contributed by atoms with Gasteiger partial charge in [0.25, 0.3) is 0 Å². The fourth-order valence-corrected chi connectivity index (χ4v) is 4.11. The predicted molar refractivity (Wildman–Crippen MR) is 97.4 cm³/mol. The summed E-state index contributed by atoms with van der Waals surface area (Å²) < 4.78 is 1.16. The average Bonchev–Trinajstić information content (AvgIpc) is 3.18. The Kier molecular flexibility index (Phi) is 3.60. The number of fused-ring (bicyclic) bond motifs is 1. The van der Waals surface area contributed by atoms with Crippen LogP contribution >= 0.6 is 23.1 Å². The number of benzene rings is 1. The Balaban J connectivity index is 1.34. The van der Waals surface area contributed by atoms with Crippen LogP contribution in [0.2, 0.25) is 0 Å². The topological polar surface area (TPSA) is 92.3 Å². The Hall–Kier alpha value is -2.52. The van der Waals surface area contributed by atoms with E-state index >= 15 is 0 Å². The Morgan fingerprint density at radius 2 is 2.20 bits per heavy atom. The lowest BCUT2D eigenvalue weighted by Crippen LogP contribution is -1.99. The van der Waals surface area contributed by atoms with Crippen molar-refractivity contribution in [1.82, 2.24) is 30.4 Å². The molecule has 3 heterocycles. The van der Waals surface area contributed by atoms with Crippen LogP contribution in [0.5, 0.6) is 0 Å². The molecule has 2 N–H and O–H groups in total. The largest absolute Gasteiger partial charge is 0.306 e. The van der Waals surface area contributed by atoms with Gasteiger partial charge in [-0.15, -0.1) is 16.4 Å². The third-order valence-electron chi connectivity index (χ3n) is 3.92. The minimum absolute atomic E-state index is 0.442. The summed E-state index contributed by atoms with van der Waals surface area (Å²) in [5.41, 5.74) is 4.04. The van der Waals surface area contributed by atoms with E-state index in [4.69, 9.17) is 0 Å². The highest BCUT2D eigenvalue weighted by molar-refractivity contribution is 7.99. The molecule has 0 radical (unpaired) electrons. The van der Waals surface area contributed by atoms with Crippen molar-refractivity contribution < 1.29 is 0 Å². The number of thiazole rings is 1. The van der Waals surface area contributed by atoms with Crippen molar-refractivity contribution in [2.75, 3.05) is 5.32 Å². The van der Waals surface area contributed by atoms with Crippen molar-refractivity contribution in [3.8, 4) is 0 Å². The van der Waals surface area contributed by atoms with Crippen molar-refractivity contribution in [3.05, 3.63) is 41.7 Å². The average molecular weight is 367 g/mol. The molecule has 0 amide bonds. The molecule has 0 atom stereocenters. The molecule has 5 rings (SSSR count). The summed E-state index contributed by atoms with van der Waals surface area (Å²) in [7, 11) is 0. The summed E-state index contributed by atoms with van der Waals surface area (Å²) in [6.45, 7) is 0. The second-order valence-electron chi connectivity index (χ2n) is 5.81. The molecular formula is C16H13N7S2. The molecule has 25 heavy (non-hydrogen) atoms. The SMILES string of the molecule is c1nc2ccc(Sc3cnnc(Nc4cc(C5CC5)[nH]n4)n3)cc2s1. The highest BCUT2D eigenvalue weighted by Crippen LogP contribution is 2.39. The number of nitrogens with zero attached hydrogens (tertiary/aromatic N) is 5. The molecule has 1 saturated carbocycles. The number of hydrogen-bond acceptors (Lipinski definition) is 8. The molecule has 7 nitrogen and oxygen atoms in total. The highest BCUT2D eigenvalue weighted by atomic mass is 32.2. The molecule has 1 fully saturated rings. The van der Waals surface area contributed by atoms with Crippen molar-refractivity contribution >= 4 is 45.1 Å². The first-order valence-electron chi connectivity index (χ1n) is 7.87. The molecule has 0 saturated heterocycles. The lowest BCUT2D eigenvalue weighted by atomic mass is 10.3. The number of aromatic nitrogens is 6. The maximum atomic E-state index is 4.51. The number of nitrogens with one attached hydrogen (secondary N) is 2. The summed E-state index contributed by atoms with van der Waals surface area (Å²) in [4.78, 5) is 9.91. The van der Waals surface area contributed by atoms with Crippen molar-refractivity contribution in [3.63, 3.8) is 0 Å². The maximum Gasteiger partial charge on any atom is 0.249 e. The first-order valence-corrected chi connectivity index (χ1v) is 9.56. The van der Waals surface area contributed by atoms with Gasteiger partial charge in [-0.1, -0.05) is 11.8 Å². The monoisotopic (exact) mass is 367 g/mol. The molecular weight excluding hydrogens is 354 g/mol. The summed E-state index contributed by atoms with van der Waals surface area (Å²) in [5, 5.41) is 19.3. The lowest BCUT2D eigenvalue weighted by Gasteiger charge is -2.03. The quantitative estimate of drug-likeness (QED) is 0.551. The van der Waals surface area contributed by atoms with Gasteiger partial charge in [0.2, 0.25) is 5.95 Å². The second-order valence-corrected chi connectivity index (χ2v) is 7.79. The number of aromatic amines is 1. The predicted octanol–water partition coefficient (Wildman–Crippen LogP) is 3.98. The number of rotatable bonds is 5. The van der Waals surface area contributed by atoms with Crippen molar-refractivity contribution in [2.24, 2.45) is 0 Å². The molecule has 124 valence electrons. The number of hydrogen-bond donors (Lipinski definition) is 2. The van der Waals surface area contributed by atoms with Crippen molar-refractivity contribution in [2.45, 2.75) is 28.7 Å². The molecule has 1 aliphatic carbocycles. The summed E-state index contributed by atoms with van der Waals surface area (Å²) in [6.07, 6.45) is 4.12. The summed E-state index contributed by atoms with van der Waals surface area (Å²) in [5.74, 6) is 1.79. The second kappa shape index (κ2) is 6.08. The van der Waals surface area contributed by atoms with E-state index in [2.05, 4.69) is 41.7 Å². The van der Waals surface area contributed by atoms with Crippen LogP contribution in [0.4, 0.5) is 11.8 Å². The fourth-order valence-electron chi connectivity index (χ4n) is 2.53. The van der Waals surface area contributed by atoms with E-state index < -0.39 is 0 Å². The van der Waals surface area contributed by atoms with E-state index in [1.165, 1.54) is 18.5 Å². The van der Waals surface area contributed by atoms with E-state index in [1.807, 2.05) is 23.7 Å². The molecule has 1 aliphatic rings. The van der Waals surface area contributed by atoms with Crippen LogP contribution in [-0.2, 0) is 0 Å². The van der Waals surface area contributed by atoms with Gasteiger partial charge in [-0.2, -0.15) is 10.2 Å². The summed E-state index contributed by atoms with van der Waals surface area (Å²) >= 11 is 3.18. The lowest BCUT2D eigenvalue weighted by molar-refractivity contribution is 0.909. The standard InChI is InChI=1S/C16H13N7S2/c1-2-9(1)12-6-14(22-21-12)19-16-20-15(7-18-23-16)25-10-3-4-11-13(5-10)24-8-17-11/h3-9H,1-2H2,(H2,19,20,21,22,23). The van der Waals surface area contributed by atoms with E-state index in [0.29, 0.717) is 11.9 Å². The molecule has 0 bridgehead atoms. The Morgan fingerprint density at radius 3 is 3.12 bits per heavy atom. The first-order chi connectivity index (χ1) is 12.3. The van der Waals surface area contributed by atoms with Gasteiger partial charge in [0.05, 0.1) is 21.9 Å². The van der Waals surface area contributed by atoms with Crippen LogP contribution in [0.25, 0.3) is 10.2 Å². The van der Waals surface area contributed by atoms with Gasteiger partial charge in [0, 0.05) is 22.6 Å². The molecule has 4 aromatic rings. The number of H-pyrrole nitrogens is 1. The normalized spacial score (nSPS) is 14.1. The van der Waals surface area contributed by atoms with Crippen LogP contribution in [-0.4, -0.2) is 30.4 Å². The molecule has 0 aliphatic heterocycles. The molecule has 0 spiro atoms.